The monoisotopic (exact) mass is 499 g/mol. The zero-order valence-corrected chi connectivity index (χ0v) is 21.6. The number of hydrogen-bond donors (Lipinski definition) is 2. The van der Waals surface area contributed by atoms with Crippen molar-refractivity contribution in [2.24, 2.45) is 0 Å². The van der Waals surface area contributed by atoms with E-state index in [1.807, 2.05) is 27.7 Å². The molecule has 1 aromatic carbocycles. The van der Waals surface area contributed by atoms with Gasteiger partial charge in [-0.2, -0.15) is 0 Å². The standard InChI is InChI=1S/C23H37NO9Si/c1-6-21(34(31-7-2,32-8-3)33-9-4)24-23(27)30-16-10-15-29-19-13-11-18(12-14-22(25)26)17-20(19)28-5/h11-14,17,21H,6-10,15-16H2,1-5H3,(H,24,27)(H,25,26)/b14-12+. The number of carboxylic acids is 1. The van der Waals surface area contributed by atoms with Gasteiger partial charge in [0.05, 0.1) is 20.3 Å². The minimum atomic E-state index is -3.10. The molecule has 0 bridgehead atoms. The molecular weight excluding hydrogens is 462 g/mol. The van der Waals surface area contributed by atoms with Gasteiger partial charge < -0.3 is 37.9 Å². The third-order valence-corrected chi connectivity index (χ3v) is 8.03. The summed E-state index contributed by atoms with van der Waals surface area (Å²) >= 11 is 0. The molecule has 1 unspecified atom stereocenters. The van der Waals surface area contributed by atoms with E-state index in [2.05, 4.69) is 5.32 Å². The van der Waals surface area contributed by atoms with Crippen LogP contribution < -0.4 is 14.8 Å². The first-order chi connectivity index (χ1) is 16.3. The molecule has 0 aliphatic rings. The fourth-order valence-electron chi connectivity index (χ4n) is 3.14. The Kier molecular flexibility index (Phi) is 13.9. The Morgan fingerprint density at radius 1 is 1.03 bits per heavy atom. The Morgan fingerprint density at radius 2 is 1.68 bits per heavy atom. The van der Waals surface area contributed by atoms with Gasteiger partial charge >= 0.3 is 20.9 Å². The lowest BCUT2D eigenvalue weighted by Gasteiger charge is -2.34. The summed E-state index contributed by atoms with van der Waals surface area (Å²) in [5.41, 5.74) is 0.247. The van der Waals surface area contributed by atoms with E-state index in [-0.39, 0.29) is 6.61 Å². The minimum absolute atomic E-state index is 0.149. The second-order valence-corrected chi connectivity index (χ2v) is 9.70. The Labute approximate surface area is 202 Å². The van der Waals surface area contributed by atoms with Crippen molar-refractivity contribution >= 4 is 26.9 Å². The topological polar surface area (TPSA) is 122 Å². The van der Waals surface area contributed by atoms with Crippen LogP contribution in [0.4, 0.5) is 4.79 Å². The predicted molar refractivity (Wildman–Crippen MR) is 129 cm³/mol. The van der Waals surface area contributed by atoms with Crippen LogP contribution in [0.1, 0.15) is 46.1 Å². The fourth-order valence-corrected chi connectivity index (χ4v) is 5.99. The normalized spacial score (nSPS) is 12.4. The summed E-state index contributed by atoms with van der Waals surface area (Å²) in [6, 6.07) is 5.09. The molecule has 0 aliphatic heterocycles. The Morgan fingerprint density at radius 3 is 2.21 bits per heavy atom. The third kappa shape index (κ3) is 9.72. The van der Waals surface area contributed by atoms with Gasteiger partial charge in [-0.1, -0.05) is 13.0 Å². The minimum Gasteiger partial charge on any atom is -0.493 e. The molecule has 0 radical (unpaired) electrons. The molecule has 34 heavy (non-hydrogen) atoms. The highest BCUT2D eigenvalue weighted by Crippen LogP contribution is 2.28. The highest BCUT2D eigenvalue weighted by Gasteiger charge is 2.49. The van der Waals surface area contributed by atoms with Crippen LogP contribution >= 0.6 is 0 Å². The second-order valence-electron chi connectivity index (χ2n) is 6.93. The number of nitrogens with one attached hydrogen (secondary N) is 1. The lowest BCUT2D eigenvalue weighted by Crippen LogP contribution is -2.62. The first kappa shape index (κ1) is 29.4. The molecule has 10 nitrogen and oxygen atoms in total. The Bertz CT molecular complexity index is 771. The van der Waals surface area contributed by atoms with Gasteiger partial charge in [0.25, 0.3) is 0 Å². The molecule has 0 saturated heterocycles. The predicted octanol–water partition coefficient (Wildman–Crippen LogP) is 3.65. The number of carbonyl (C=O) groups excluding carboxylic acids is 1. The zero-order chi connectivity index (χ0) is 25.4. The Hall–Kier alpha value is -2.60. The highest BCUT2D eigenvalue weighted by molar-refractivity contribution is 6.62. The van der Waals surface area contributed by atoms with Crippen LogP contribution in [0.25, 0.3) is 6.08 Å². The third-order valence-electron chi connectivity index (χ3n) is 4.55. The van der Waals surface area contributed by atoms with Gasteiger partial charge in [0.2, 0.25) is 0 Å². The van der Waals surface area contributed by atoms with Crippen LogP contribution in [-0.4, -0.2) is 71.8 Å². The highest BCUT2D eigenvalue weighted by atomic mass is 28.4. The van der Waals surface area contributed by atoms with Gasteiger partial charge in [-0.3, -0.25) is 0 Å². The summed E-state index contributed by atoms with van der Waals surface area (Å²) in [6.45, 7) is 9.19. The molecule has 0 heterocycles. The summed E-state index contributed by atoms with van der Waals surface area (Å²) in [4.78, 5) is 23.0. The molecule has 0 aromatic heterocycles. The van der Waals surface area contributed by atoms with Crippen molar-refractivity contribution in [2.75, 3.05) is 40.1 Å². The maximum absolute atomic E-state index is 12.4. The first-order valence-electron chi connectivity index (χ1n) is 11.4. The lowest BCUT2D eigenvalue weighted by atomic mass is 10.2. The molecule has 0 spiro atoms. The number of carbonyl (C=O) groups is 2. The molecule has 1 atom stereocenters. The smallest absolute Gasteiger partial charge is 0.493 e. The number of alkyl carbamates (subject to hydrolysis) is 1. The van der Waals surface area contributed by atoms with E-state index in [0.29, 0.717) is 56.3 Å². The molecular formula is C23H37NO9Si. The first-order valence-corrected chi connectivity index (χ1v) is 13.2. The average Bonchev–Trinajstić information content (AvgIpc) is 2.81. The van der Waals surface area contributed by atoms with E-state index >= 15 is 0 Å². The number of methoxy groups -OCH3 is 1. The van der Waals surface area contributed by atoms with Crippen molar-refractivity contribution < 1.29 is 42.2 Å². The van der Waals surface area contributed by atoms with E-state index in [1.165, 1.54) is 13.2 Å². The second kappa shape index (κ2) is 16.1. The van der Waals surface area contributed by atoms with Gasteiger partial charge in [0, 0.05) is 32.3 Å². The van der Waals surface area contributed by atoms with Gasteiger partial charge in [-0.15, -0.1) is 0 Å². The quantitative estimate of drug-likeness (QED) is 0.188. The van der Waals surface area contributed by atoms with E-state index in [4.69, 9.17) is 32.6 Å². The molecule has 0 aliphatic carbocycles. The van der Waals surface area contributed by atoms with Crippen LogP contribution in [0, 0.1) is 0 Å². The summed E-state index contributed by atoms with van der Waals surface area (Å²) in [6.07, 6.45) is 2.96. The van der Waals surface area contributed by atoms with Crippen molar-refractivity contribution in [1.29, 1.82) is 0 Å². The van der Waals surface area contributed by atoms with Gasteiger partial charge in [0.15, 0.2) is 11.5 Å². The van der Waals surface area contributed by atoms with Crippen molar-refractivity contribution in [3.05, 3.63) is 29.8 Å². The molecule has 1 aromatic rings. The molecule has 0 saturated carbocycles. The van der Waals surface area contributed by atoms with Gasteiger partial charge in [-0.05, 0) is 51.0 Å². The van der Waals surface area contributed by atoms with E-state index in [9.17, 15) is 9.59 Å². The van der Waals surface area contributed by atoms with Crippen LogP contribution in [-0.2, 0) is 22.8 Å². The zero-order valence-electron chi connectivity index (χ0n) is 20.6. The molecule has 192 valence electrons. The Balaban J connectivity index is 2.57. The van der Waals surface area contributed by atoms with Crippen LogP contribution in [0.5, 0.6) is 11.5 Å². The number of hydrogen-bond acceptors (Lipinski definition) is 8. The summed E-state index contributed by atoms with van der Waals surface area (Å²) < 4.78 is 33.9. The molecule has 1 rings (SSSR count). The maximum atomic E-state index is 12.4. The SMILES string of the molecule is CCO[Si](OCC)(OCC)C(CC)NC(=O)OCCCOc1ccc(/C=C/C(=O)O)cc1OC. The maximum Gasteiger partial charge on any atom is 0.524 e. The number of benzene rings is 1. The number of rotatable bonds is 17. The lowest BCUT2D eigenvalue weighted by molar-refractivity contribution is -0.131. The average molecular weight is 500 g/mol. The van der Waals surface area contributed by atoms with E-state index in [1.54, 1.807) is 18.2 Å². The number of amides is 1. The molecule has 11 heteroatoms. The number of carboxylic acid groups (broad SMARTS) is 1. The van der Waals surface area contributed by atoms with Crippen LogP contribution in [0.2, 0.25) is 0 Å². The van der Waals surface area contributed by atoms with Gasteiger partial charge in [0.1, 0.15) is 5.67 Å². The molecule has 0 fully saturated rings. The van der Waals surface area contributed by atoms with Crippen molar-refractivity contribution in [2.45, 2.75) is 46.2 Å². The number of aliphatic carboxylic acids is 1. The fraction of sp³-hybridized carbons (Fsp3) is 0.565. The summed E-state index contributed by atoms with van der Waals surface area (Å²) in [7, 11) is -1.60. The van der Waals surface area contributed by atoms with Crippen molar-refractivity contribution in [3.63, 3.8) is 0 Å². The number of ether oxygens (including phenoxy) is 3. The summed E-state index contributed by atoms with van der Waals surface area (Å²) in [5.74, 6) is -0.0530. The van der Waals surface area contributed by atoms with Crippen molar-refractivity contribution in [1.82, 2.24) is 5.32 Å². The van der Waals surface area contributed by atoms with E-state index in [0.717, 1.165) is 6.08 Å². The molecule has 1 amide bonds. The van der Waals surface area contributed by atoms with E-state index < -0.39 is 26.5 Å². The van der Waals surface area contributed by atoms with Crippen LogP contribution in [0.15, 0.2) is 24.3 Å². The van der Waals surface area contributed by atoms with Crippen LogP contribution in [0.3, 0.4) is 0 Å². The van der Waals surface area contributed by atoms with Crippen molar-refractivity contribution in [3.8, 4) is 11.5 Å². The van der Waals surface area contributed by atoms with Gasteiger partial charge in [-0.25, -0.2) is 9.59 Å². The largest absolute Gasteiger partial charge is 0.524 e. The summed E-state index contributed by atoms with van der Waals surface area (Å²) in [5, 5.41) is 11.6. The molecule has 2 N–H and O–H groups in total.